The molecular weight excluding hydrogens is 346 g/mol. The topological polar surface area (TPSA) is 78.8 Å². The lowest BCUT2D eigenvalue weighted by atomic mass is 10.1. The van der Waals surface area contributed by atoms with Crippen LogP contribution in [0.15, 0.2) is 64.5 Å². The molecule has 0 aliphatic heterocycles. The SMILES string of the molecule is COc1ccc(-c2nc(SC(C)c3ccccc3)[nH]c(=O)c2C#N)cc1. The van der Waals surface area contributed by atoms with Crippen LogP contribution in [0, 0.1) is 11.3 Å². The van der Waals surface area contributed by atoms with E-state index in [-0.39, 0.29) is 10.8 Å². The third kappa shape index (κ3) is 3.79. The maximum absolute atomic E-state index is 12.4. The lowest BCUT2D eigenvalue weighted by Gasteiger charge is -2.12. The Morgan fingerprint density at radius 3 is 2.46 bits per heavy atom. The van der Waals surface area contributed by atoms with Crippen LogP contribution in [0.1, 0.15) is 23.3 Å². The summed E-state index contributed by atoms with van der Waals surface area (Å²) in [6, 6.07) is 19.1. The predicted octanol–water partition coefficient (Wildman–Crippen LogP) is 4.17. The highest BCUT2D eigenvalue weighted by Crippen LogP contribution is 2.33. The second-order valence-electron chi connectivity index (χ2n) is 5.61. The first-order chi connectivity index (χ1) is 12.6. The molecule has 26 heavy (non-hydrogen) atoms. The summed E-state index contributed by atoms with van der Waals surface area (Å²) in [6.45, 7) is 2.05. The Bertz CT molecular complexity index is 992. The fourth-order valence-corrected chi connectivity index (χ4v) is 3.45. The highest BCUT2D eigenvalue weighted by Gasteiger charge is 2.16. The van der Waals surface area contributed by atoms with Crippen molar-refractivity contribution >= 4 is 11.8 Å². The summed E-state index contributed by atoms with van der Waals surface area (Å²) in [5, 5.41) is 9.96. The number of H-pyrrole nitrogens is 1. The number of ether oxygens (including phenoxy) is 1. The van der Waals surface area contributed by atoms with E-state index in [1.165, 1.54) is 11.8 Å². The van der Waals surface area contributed by atoms with Crippen LogP contribution in [-0.4, -0.2) is 17.1 Å². The highest BCUT2D eigenvalue weighted by atomic mass is 32.2. The smallest absolute Gasteiger partial charge is 0.270 e. The van der Waals surface area contributed by atoms with Crippen LogP contribution in [0.5, 0.6) is 5.75 Å². The minimum Gasteiger partial charge on any atom is -0.497 e. The van der Waals surface area contributed by atoms with E-state index in [4.69, 9.17) is 4.74 Å². The van der Waals surface area contributed by atoms with E-state index in [0.717, 1.165) is 5.56 Å². The van der Waals surface area contributed by atoms with Crippen molar-refractivity contribution in [3.05, 3.63) is 76.1 Å². The average Bonchev–Trinajstić information content (AvgIpc) is 2.68. The molecule has 3 aromatic rings. The molecule has 3 rings (SSSR count). The molecule has 5 nitrogen and oxygen atoms in total. The van der Waals surface area contributed by atoms with Gasteiger partial charge >= 0.3 is 0 Å². The predicted molar refractivity (Wildman–Crippen MR) is 102 cm³/mol. The zero-order chi connectivity index (χ0) is 18.5. The van der Waals surface area contributed by atoms with E-state index in [9.17, 15) is 10.1 Å². The Labute approximate surface area is 155 Å². The Morgan fingerprint density at radius 1 is 1.15 bits per heavy atom. The van der Waals surface area contributed by atoms with Crippen LogP contribution < -0.4 is 10.3 Å². The molecule has 0 spiro atoms. The molecule has 1 aromatic heterocycles. The molecule has 1 N–H and O–H groups in total. The Morgan fingerprint density at radius 2 is 1.85 bits per heavy atom. The Hall–Kier alpha value is -3.04. The van der Waals surface area contributed by atoms with Gasteiger partial charge in [-0.25, -0.2) is 4.98 Å². The van der Waals surface area contributed by atoms with Gasteiger partial charge in [-0.1, -0.05) is 42.1 Å². The number of aromatic nitrogens is 2. The number of rotatable bonds is 5. The van der Waals surface area contributed by atoms with Crippen molar-refractivity contribution in [2.45, 2.75) is 17.3 Å². The maximum Gasteiger partial charge on any atom is 0.270 e. The summed E-state index contributed by atoms with van der Waals surface area (Å²) in [6.07, 6.45) is 0. The third-order valence-electron chi connectivity index (χ3n) is 3.93. The number of aromatic amines is 1. The van der Waals surface area contributed by atoms with Crippen molar-refractivity contribution in [2.75, 3.05) is 7.11 Å². The monoisotopic (exact) mass is 363 g/mol. The van der Waals surface area contributed by atoms with E-state index >= 15 is 0 Å². The van der Waals surface area contributed by atoms with E-state index < -0.39 is 5.56 Å². The van der Waals surface area contributed by atoms with Crippen LogP contribution in [0.4, 0.5) is 0 Å². The van der Waals surface area contributed by atoms with E-state index in [0.29, 0.717) is 22.2 Å². The zero-order valence-electron chi connectivity index (χ0n) is 14.4. The maximum atomic E-state index is 12.4. The lowest BCUT2D eigenvalue weighted by Crippen LogP contribution is -2.15. The summed E-state index contributed by atoms with van der Waals surface area (Å²) in [7, 11) is 1.58. The molecule has 0 radical (unpaired) electrons. The molecule has 2 aromatic carbocycles. The number of nitriles is 1. The number of benzene rings is 2. The van der Waals surface area contributed by atoms with Crippen LogP contribution in [0.3, 0.4) is 0 Å². The molecule has 0 saturated carbocycles. The van der Waals surface area contributed by atoms with Gasteiger partial charge in [0, 0.05) is 10.8 Å². The summed E-state index contributed by atoms with van der Waals surface area (Å²) in [5.41, 5.74) is 1.78. The first-order valence-corrected chi connectivity index (χ1v) is 8.90. The summed E-state index contributed by atoms with van der Waals surface area (Å²) < 4.78 is 5.15. The molecule has 0 bridgehead atoms. The first kappa shape index (κ1) is 17.8. The quantitative estimate of drug-likeness (QED) is 0.544. The number of hydrogen-bond acceptors (Lipinski definition) is 5. The molecule has 1 heterocycles. The fraction of sp³-hybridized carbons (Fsp3) is 0.150. The Kier molecular flexibility index (Phi) is 5.40. The second-order valence-corrected chi connectivity index (χ2v) is 6.94. The van der Waals surface area contributed by atoms with Gasteiger partial charge in [-0.05, 0) is 36.8 Å². The molecular formula is C20H17N3O2S. The molecule has 0 aliphatic carbocycles. The molecule has 0 fully saturated rings. The largest absolute Gasteiger partial charge is 0.497 e. The van der Waals surface area contributed by atoms with Crippen molar-refractivity contribution in [1.29, 1.82) is 5.26 Å². The van der Waals surface area contributed by atoms with Crippen molar-refractivity contribution in [1.82, 2.24) is 9.97 Å². The van der Waals surface area contributed by atoms with Crippen molar-refractivity contribution in [2.24, 2.45) is 0 Å². The van der Waals surface area contributed by atoms with E-state index in [1.807, 2.05) is 43.3 Å². The summed E-state index contributed by atoms with van der Waals surface area (Å²) in [4.78, 5) is 19.6. The van der Waals surface area contributed by atoms with E-state index in [1.54, 1.807) is 31.4 Å². The van der Waals surface area contributed by atoms with E-state index in [2.05, 4.69) is 9.97 Å². The molecule has 0 aliphatic rings. The van der Waals surface area contributed by atoms with Gasteiger partial charge in [-0.3, -0.25) is 4.79 Å². The van der Waals surface area contributed by atoms with Crippen molar-refractivity contribution < 1.29 is 4.74 Å². The van der Waals surface area contributed by atoms with Gasteiger partial charge in [0.25, 0.3) is 5.56 Å². The van der Waals surface area contributed by atoms with Crippen LogP contribution in [0.2, 0.25) is 0 Å². The van der Waals surface area contributed by atoms with Crippen LogP contribution in [0.25, 0.3) is 11.3 Å². The molecule has 0 saturated heterocycles. The molecule has 6 heteroatoms. The fourth-order valence-electron chi connectivity index (χ4n) is 2.53. The minimum atomic E-state index is -0.434. The van der Waals surface area contributed by atoms with Crippen LogP contribution >= 0.6 is 11.8 Å². The normalized spacial score (nSPS) is 11.6. The van der Waals surface area contributed by atoms with Crippen molar-refractivity contribution in [3.63, 3.8) is 0 Å². The van der Waals surface area contributed by atoms with Crippen molar-refractivity contribution in [3.8, 4) is 23.1 Å². The van der Waals surface area contributed by atoms with Gasteiger partial charge in [0.05, 0.1) is 12.8 Å². The number of hydrogen-bond donors (Lipinski definition) is 1. The standard InChI is InChI=1S/C20H17N3O2S/c1-13(14-6-4-3-5-7-14)26-20-22-18(17(12-21)19(24)23-20)15-8-10-16(25-2)11-9-15/h3-11,13H,1-2H3,(H,22,23,24). The summed E-state index contributed by atoms with van der Waals surface area (Å²) >= 11 is 1.45. The zero-order valence-corrected chi connectivity index (χ0v) is 15.2. The van der Waals surface area contributed by atoms with Gasteiger partial charge in [-0.15, -0.1) is 0 Å². The summed E-state index contributed by atoms with van der Waals surface area (Å²) in [5.74, 6) is 0.699. The highest BCUT2D eigenvalue weighted by molar-refractivity contribution is 7.99. The number of nitrogens with one attached hydrogen (secondary N) is 1. The molecule has 1 unspecified atom stereocenters. The minimum absolute atomic E-state index is 0.00637. The molecule has 0 amide bonds. The average molecular weight is 363 g/mol. The molecule has 130 valence electrons. The number of methoxy groups -OCH3 is 1. The van der Waals surface area contributed by atoms with Gasteiger partial charge in [0.15, 0.2) is 5.16 Å². The lowest BCUT2D eigenvalue weighted by molar-refractivity contribution is 0.415. The van der Waals surface area contributed by atoms with Gasteiger partial charge in [0.2, 0.25) is 0 Å². The first-order valence-electron chi connectivity index (χ1n) is 8.03. The van der Waals surface area contributed by atoms with Gasteiger partial charge in [0.1, 0.15) is 17.4 Å². The Balaban J connectivity index is 1.99. The number of thioether (sulfide) groups is 1. The third-order valence-corrected chi connectivity index (χ3v) is 4.97. The molecule has 1 atom stereocenters. The van der Waals surface area contributed by atoms with Crippen LogP contribution in [-0.2, 0) is 0 Å². The number of nitrogens with zero attached hydrogens (tertiary/aromatic N) is 2. The second kappa shape index (κ2) is 7.89. The van der Waals surface area contributed by atoms with Gasteiger partial charge in [-0.2, -0.15) is 5.26 Å². The van der Waals surface area contributed by atoms with Gasteiger partial charge < -0.3 is 9.72 Å².